The van der Waals surface area contributed by atoms with Gasteiger partial charge in [-0.05, 0) is 30.0 Å². The molecule has 0 bridgehead atoms. The van der Waals surface area contributed by atoms with E-state index in [1.165, 1.54) is 6.92 Å². The Morgan fingerprint density at radius 3 is 2.59 bits per heavy atom. The number of amides is 3. The maximum Gasteiger partial charge on any atom is 0.319 e. The van der Waals surface area contributed by atoms with Crippen molar-refractivity contribution in [2.75, 3.05) is 11.9 Å². The van der Waals surface area contributed by atoms with Crippen LogP contribution in [0.1, 0.15) is 31.0 Å². The Morgan fingerprint density at radius 2 is 1.81 bits per heavy atom. The van der Waals surface area contributed by atoms with Crippen LogP contribution in [0.4, 0.5) is 10.5 Å². The van der Waals surface area contributed by atoms with Crippen LogP contribution in [-0.4, -0.2) is 28.5 Å². The number of hydrogen-bond acceptors (Lipinski definition) is 4. The molecule has 3 N–H and O–H groups in total. The lowest BCUT2D eigenvalue weighted by Crippen LogP contribution is -2.31. The first-order valence-electron chi connectivity index (χ1n) is 8.68. The molecule has 0 fully saturated rings. The SMILES string of the molecule is CCNC(=O)Nc1cnccc1C(NC(C)=O)c1cccc2ccncc12. The van der Waals surface area contributed by atoms with Gasteiger partial charge in [0.2, 0.25) is 5.91 Å². The van der Waals surface area contributed by atoms with Crippen LogP contribution < -0.4 is 16.0 Å². The van der Waals surface area contributed by atoms with Gasteiger partial charge in [0.1, 0.15) is 0 Å². The summed E-state index contributed by atoms with van der Waals surface area (Å²) in [5.74, 6) is -0.179. The van der Waals surface area contributed by atoms with E-state index < -0.39 is 6.04 Å². The first kappa shape index (κ1) is 18.3. The van der Waals surface area contributed by atoms with E-state index in [1.807, 2.05) is 31.2 Å². The molecule has 0 aliphatic heterocycles. The summed E-state index contributed by atoms with van der Waals surface area (Å²) in [7, 11) is 0. The first-order chi connectivity index (χ1) is 13.1. The van der Waals surface area contributed by atoms with Crippen molar-refractivity contribution in [2.24, 2.45) is 0 Å². The Morgan fingerprint density at radius 1 is 1.04 bits per heavy atom. The topological polar surface area (TPSA) is 96.0 Å². The molecule has 138 valence electrons. The molecular formula is C20H21N5O2. The number of carbonyl (C=O) groups is 2. The number of hydrogen-bond donors (Lipinski definition) is 3. The van der Waals surface area contributed by atoms with Crippen molar-refractivity contribution >= 4 is 28.4 Å². The minimum Gasteiger partial charge on any atom is -0.345 e. The molecule has 1 aromatic carbocycles. The standard InChI is InChI=1S/C20H21N5O2/c1-3-23-20(27)25-18-12-22-10-8-16(18)19(24-13(2)26)15-6-4-5-14-7-9-21-11-17(14)15/h4-12,19H,3H2,1-2H3,(H,24,26)(H2,23,25,27). The summed E-state index contributed by atoms with van der Waals surface area (Å²) < 4.78 is 0. The monoisotopic (exact) mass is 363 g/mol. The average Bonchev–Trinajstić information content (AvgIpc) is 2.66. The lowest BCUT2D eigenvalue weighted by molar-refractivity contribution is -0.119. The van der Waals surface area contributed by atoms with Gasteiger partial charge in [0.05, 0.1) is 17.9 Å². The minimum absolute atomic E-state index is 0.179. The van der Waals surface area contributed by atoms with Gasteiger partial charge in [-0.3, -0.25) is 14.8 Å². The highest BCUT2D eigenvalue weighted by Crippen LogP contribution is 2.32. The van der Waals surface area contributed by atoms with Gasteiger partial charge in [0.15, 0.2) is 0 Å². The van der Waals surface area contributed by atoms with Crippen molar-refractivity contribution in [3.63, 3.8) is 0 Å². The van der Waals surface area contributed by atoms with Crippen LogP contribution in [0, 0.1) is 0 Å². The molecule has 0 saturated heterocycles. The molecule has 27 heavy (non-hydrogen) atoms. The van der Waals surface area contributed by atoms with Gasteiger partial charge >= 0.3 is 6.03 Å². The highest BCUT2D eigenvalue weighted by atomic mass is 16.2. The maximum atomic E-state index is 12.0. The van der Waals surface area contributed by atoms with Crippen LogP contribution in [0.3, 0.4) is 0 Å². The van der Waals surface area contributed by atoms with Gasteiger partial charge in [0.25, 0.3) is 0 Å². The van der Waals surface area contributed by atoms with Gasteiger partial charge in [0, 0.05) is 43.0 Å². The van der Waals surface area contributed by atoms with Crippen LogP contribution in [0.5, 0.6) is 0 Å². The molecule has 3 amide bonds. The normalized spacial score (nSPS) is 11.6. The fraction of sp³-hybridized carbons (Fsp3) is 0.200. The third-order valence-electron chi connectivity index (χ3n) is 4.13. The lowest BCUT2D eigenvalue weighted by atomic mass is 9.94. The van der Waals surface area contributed by atoms with Crippen LogP contribution in [0.25, 0.3) is 10.8 Å². The summed E-state index contributed by atoms with van der Waals surface area (Å²) in [6, 6.07) is 8.79. The van der Waals surface area contributed by atoms with E-state index in [2.05, 4.69) is 25.9 Å². The zero-order valence-electron chi connectivity index (χ0n) is 15.2. The predicted molar refractivity (Wildman–Crippen MR) is 104 cm³/mol. The number of fused-ring (bicyclic) bond motifs is 1. The van der Waals surface area contributed by atoms with Gasteiger partial charge in [-0.25, -0.2) is 4.79 Å². The highest BCUT2D eigenvalue weighted by molar-refractivity contribution is 5.91. The number of urea groups is 1. The number of anilines is 1. The second kappa shape index (κ2) is 8.27. The second-order valence-electron chi connectivity index (χ2n) is 6.02. The third kappa shape index (κ3) is 4.20. The number of pyridine rings is 2. The summed E-state index contributed by atoms with van der Waals surface area (Å²) in [6.45, 7) is 3.81. The van der Waals surface area contributed by atoms with E-state index in [9.17, 15) is 9.59 Å². The van der Waals surface area contributed by atoms with E-state index in [0.717, 1.165) is 21.9 Å². The summed E-state index contributed by atoms with van der Waals surface area (Å²) in [6.07, 6.45) is 6.71. The minimum atomic E-state index is -0.463. The van der Waals surface area contributed by atoms with Crippen molar-refractivity contribution in [1.29, 1.82) is 0 Å². The van der Waals surface area contributed by atoms with Gasteiger partial charge < -0.3 is 16.0 Å². The largest absolute Gasteiger partial charge is 0.345 e. The Bertz CT molecular complexity index is 968. The molecule has 0 aliphatic rings. The second-order valence-corrected chi connectivity index (χ2v) is 6.02. The maximum absolute atomic E-state index is 12.0. The van der Waals surface area contributed by atoms with Crippen molar-refractivity contribution < 1.29 is 9.59 Å². The zero-order valence-corrected chi connectivity index (χ0v) is 15.2. The van der Waals surface area contributed by atoms with Gasteiger partial charge in [-0.1, -0.05) is 18.2 Å². The summed E-state index contributed by atoms with van der Waals surface area (Å²) in [5.41, 5.74) is 2.16. The van der Waals surface area contributed by atoms with E-state index >= 15 is 0 Å². The Labute approximate surface area is 157 Å². The first-order valence-corrected chi connectivity index (χ1v) is 8.68. The van der Waals surface area contributed by atoms with Crippen LogP contribution in [0.2, 0.25) is 0 Å². The van der Waals surface area contributed by atoms with Crippen LogP contribution in [-0.2, 0) is 4.79 Å². The van der Waals surface area contributed by atoms with Crippen LogP contribution in [0.15, 0.2) is 55.1 Å². The number of rotatable bonds is 5. The number of nitrogens with one attached hydrogen (secondary N) is 3. The van der Waals surface area contributed by atoms with E-state index in [4.69, 9.17) is 0 Å². The zero-order chi connectivity index (χ0) is 19.2. The quantitative estimate of drug-likeness (QED) is 0.649. The molecule has 1 atom stereocenters. The number of carbonyl (C=O) groups excluding carboxylic acids is 2. The molecule has 7 heteroatoms. The van der Waals surface area contributed by atoms with Crippen molar-refractivity contribution in [1.82, 2.24) is 20.6 Å². The molecular weight excluding hydrogens is 342 g/mol. The van der Waals surface area contributed by atoms with Crippen molar-refractivity contribution in [3.05, 3.63) is 66.2 Å². The Balaban J connectivity index is 2.11. The van der Waals surface area contributed by atoms with Crippen molar-refractivity contribution in [2.45, 2.75) is 19.9 Å². The molecule has 3 rings (SSSR count). The van der Waals surface area contributed by atoms with Crippen molar-refractivity contribution in [3.8, 4) is 0 Å². The third-order valence-corrected chi connectivity index (χ3v) is 4.13. The number of aromatic nitrogens is 2. The fourth-order valence-corrected chi connectivity index (χ4v) is 3.00. The van der Waals surface area contributed by atoms with Gasteiger partial charge in [-0.2, -0.15) is 0 Å². The molecule has 1 unspecified atom stereocenters. The fourth-order valence-electron chi connectivity index (χ4n) is 3.00. The number of benzene rings is 1. The molecule has 7 nitrogen and oxygen atoms in total. The lowest BCUT2D eigenvalue weighted by Gasteiger charge is -2.23. The molecule has 3 aromatic rings. The Hall–Kier alpha value is -3.48. The van der Waals surface area contributed by atoms with E-state index in [0.29, 0.717) is 12.2 Å². The summed E-state index contributed by atoms with van der Waals surface area (Å²) >= 11 is 0. The molecule has 0 aliphatic carbocycles. The molecule has 0 radical (unpaired) electrons. The Kier molecular flexibility index (Phi) is 5.61. The van der Waals surface area contributed by atoms with Crippen LogP contribution >= 0.6 is 0 Å². The smallest absolute Gasteiger partial charge is 0.319 e. The van der Waals surface area contributed by atoms with Gasteiger partial charge in [-0.15, -0.1) is 0 Å². The molecule has 2 heterocycles. The molecule has 2 aromatic heterocycles. The van der Waals surface area contributed by atoms with E-state index in [-0.39, 0.29) is 11.9 Å². The summed E-state index contributed by atoms with van der Waals surface area (Å²) in [4.78, 5) is 32.3. The summed E-state index contributed by atoms with van der Waals surface area (Å²) in [5, 5.41) is 10.4. The van der Waals surface area contributed by atoms with E-state index in [1.54, 1.807) is 30.9 Å². The molecule has 0 spiro atoms. The predicted octanol–water partition coefficient (Wildman–Crippen LogP) is 3.00. The molecule has 0 saturated carbocycles. The average molecular weight is 363 g/mol. The highest BCUT2D eigenvalue weighted by Gasteiger charge is 2.21. The number of nitrogens with zero attached hydrogens (tertiary/aromatic N) is 2.